The molecule has 35 heavy (non-hydrogen) atoms. The molecule has 0 radical (unpaired) electrons. The van der Waals surface area contributed by atoms with Crippen LogP contribution in [0.25, 0.3) is 0 Å². The zero-order valence-electron chi connectivity index (χ0n) is 18.1. The molecule has 1 aromatic rings. The number of ether oxygens (including phenoxy) is 1. The Morgan fingerprint density at radius 3 is 2.49 bits per heavy atom. The van der Waals surface area contributed by atoms with Crippen LogP contribution < -0.4 is 5.32 Å². The minimum atomic E-state index is -5.41. The summed E-state index contributed by atoms with van der Waals surface area (Å²) in [4.78, 5) is 49.1. The Morgan fingerprint density at radius 1 is 1.20 bits per heavy atom. The average Bonchev–Trinajstić information content (AvgIpc) is 2.82. The van der Waals surface area contributed by atoms with Gasteiger partial charge in [-0.15, -0.1) is 0 Å². The standard InChI is InChI=1S/C21H21F3N4O7/c22-21(23,24)18(31)25-20(28(33)34)9-5-4-8-16(20)27-11-10-26(12-15(27)17(29)30)19(32)35-13-14-6-2-1-3-7-14/h1-9,15-16H,10-13H2,(H,25,31)(H,29,30). The van der Waals surface area contributed by atoms with E-state index in [4.69, 9.17) is 4.74 Å². The van der Waals surface area contributed by atoms with Crippen LogP contribution in [0.4, 0.5) is 18.0 Å². The van der Waals surface area contributed by atoms with Gasteiger partial charge in [-0.25, -0.2) is 4.79 Å². The second kappa shape index (κ2) is 10.1. The van der Waals surface area contributed by atoms with Crippen molar-refractivity contribution in [3.63, 3.8) is 0 Å². The van der Waals surface area contributed by atoms with Crippen molar-refractivity contribution >= 4 is 18.0 Å². The number of hydrogen-bond acceptors (Lipinski definition) is 7. The third-order valence-corrected chi connectivity index (χ3v) is 5.61. The van der Waals surface area contributed by atoms with E-state index in [0.717, 1.165) is 28.0 Å². The third-order valence-electron chi connectivity index (χ3n) is 5.61. The van der Waals surface area contributed by atoms with E-state index < -0.39 is 53.4 Å². The number of hydrogen-bond donors (Lipinski definition) is 2. The first-order valence-electron chi connectivity index (χ1n) is 10.3. The maximum Gasteiger partial charge on any atom is 0.471 e. The number of nitrogens with zero attached hydrogens (tertiary/aromatic N) is 3. The van der Waals surface area contributed by atoms with Crippen molar-refractivity contribution < 1.29 is 42.3 Å². The second-order valence-corrected chi connectivity index (χ2v) is 7.80. The summed E-state index contributed by atoms with van der Waals surface area (Å²) in [5.74, 6) is -4.01. The molecule has 188 valence electrons. The summed E-state index contributed by atoms with van der Waals surface area (Å²) >= 11 is 0. The van der Waals surface area contributed by atoms with Crippen molar-refractivity contribution in [2.75, 3.05) is 19.6 Å². The van der Waals surface area contributed by atoms with Crippen LogP contribution in [-0.4, -0.2) is 81.4 Å². The summed E-state index contributed by atoms with van der Waals surface area (Å²) in [6.45, 7) is -0.885. The fourth-order valence-electron chi connectivity index (χ4n) is 3.89. The molecule has 1 saturated heterocycles. The van der Waals surface area contributed by atoms with Crippen molar-refractivity contribution in [1.29, 1.82) is 0 Å². The number of piperazine rings is 1. The van der Waals surface area contributed by atoms with Crippen LogP contribution in [-0.2, 0) is 20.9 Å². The van der Waals surface area contributed by atoms with Crippen LogP contribution in [0.2, 0.25) is 0 Å². The molecule has 1 aliphatic carbocycles. The molecule has 11 nitrogen and oxygen atoms in total. The lowest BCUT2D eigenvalue weighted by atomic mass is 9.91. The van der Waals surface area contributed by atoms with E-state index in [-0.39, 0.29) is 19.7 Å². The Kier molecular flexibility index (Phi) is 7.43. The van der Waals surface area contributed by atoms with Gasteiger partial charge in [-0.1, -0.05) is 48.6 Å². The molecular formula is C21H21F3N4O7. The molecule has 3 rings (SSSR count). The van der Waals surface area contributed by atoms with Crippen molar-refractivity contribution in [2.24, 2.45) is 0 Å². The first-order chi connectivity index (χ1) is 16.5. The molecule has 0 aromatic heterocycles. The first kappa shape index (κ1) is 25.7. The number of rotatable bonds is 6. The van der Waals surface area contributed by atoms with Gasteiger partial charge in [-0.3, -0.25) is 29.9 Å². The van der Waals surface area contributed by atoms with Crippen LogP contribution in [0.15, 0.2) is 54.6 Å². The third kappa shape index (κ3) is 5.59. The van der Waals surface area contributed by atoms with Crippen LogP contribution in [0.1, 0.15) is 5.56 Å². The van der Waals surface area contributed by atoms with E-state index in [1.165, 1.54) is 11.4 Å². The van der Waals surface area contributed by atoms with Crippen LogP contribution in [0.3, 0.4) is 0 Å². The highest BCUT2D eigenvalue weighted by atomic mass is 19.4. The Bertz CT molecular complexity index is 1050. The number of amides is 2. The molecule has 1 aliphatic heterocycles. The number of nitro groups is 1. The Hall–Kier alpha value is -3.94. The van der Waals surface area contributed by atoms with Gasteiger partial charge in [0.05, 0.1) is 11.5 Å². The number of aliphatic carboxylic acids is 1. The summed E-state index contributed by atoms with van der Waals surface area (Å²) in [5, 5.41) is 23.1. The molecule has 0 saturated carbocycles. The lowest BCUT2D eigenvalue weighted by Crippen LogP contribution is -2.71. The molecule has 3 unspecified atom stereocenters. The zero-order valence-corrected chi connectivity index (χ0v) is 18.1. The van der Waals surface area contributed by atoms with E-state index in [9.17, 15) is 42.8 Å². The number of alkyl halides is 3. The molecule has 1 heterocycles. The number of benzene rings is 1. The molecular weight excluding hydrogens is 477 g/mol. The minimum Gasteiger partial charge on any atom is -0.480 e. The highest BCUT2D eigenvalue weighted by molar-refractivity contribution is 5.83. The minimum absolute atomic E-state index is 0.0678. The number of allylic oxidation sites excluding steroid dienone is 2. The Morgan fingerprint density at radius 2 is 1.89 bits per heavy atom. The van der Waals surface area contributed by atoms with Gasteiger partial charge in [0.2, 0.25) is 0 Å². The second-order valence-electron chi connectivity index (χ2n) is 7.80. The summed E-state index contributed by atoms with van der Waals surface area (Å²) in [6, 6.07) is 5.59. The monoisotopic (exact) mass is 498 g/mol. The van der Waals surface area contributed by atoms with Crippen LogP contribution in [0, 0.1) is 10.1 Å². The molecule has 2 aliphatic rings. The van der Waals surface area contributed by atoms with Crippen molar-refractivity contribution in [1.82, 2.24) is 15.1 Å². The Labute approximate surface area is 196 Å². The van der Waals surface area contributed by atoms with E-state index in [1.807, 2.05) is 0 Å². The number of carbonyl (C=O) groups excluding carboxylic acids is 2. The van der Waals surface area contributed by atoms with E-state index in [2.05, 4.69) is 0 Å². The van der Waals surface area contributed by atoms with Gasteiger partial charge < -0.3 is 14.7 Å². The number of carbonyl (C=O) groups is 3. The van der Waals surface area contributed by atoms with Crippen molar-refractivity contribution in [2.45, 2.75) is 30.5 Å². The lowest BCUT2D eigenvalue weighted by Gasteiger charge is -2.45. The van der Waals surface area contributed by atoms with Crippen LogP contribution in [0.5, 0.6) is 0 Å². The fraction of sp³-hybridized carbons (Fsp3) is 0.381. The predicted octanol–water partition coefficient (Wildman–Crippen LogP) is 1.54. The quantitative estimate of drug-likeness (QED) is 0.342. The van der Waals surface area contributed by atoms with Crippen molar-refractivity contribution in [3.05, 3.63) is 70.3 Å². The van der Waals surface area contributed by atoms with Crippen LogP contribution >= 0.6 is 0 Å². The summed E-state index contributed by atoms with van der Waals surface area (Å²) in [7, 11) is 0. The maximum absolute atomic E-state index is 12.9. The first-order valence-corrected chi connectivity index (χ1v) is 10.3. The molecule has 2 N–H and O–H groups in total. The molecule has 1 fully saturated rings. The molecule has 3 atom stereocenters. The summed E-state index contributed by atoms with van der Waals surface area (Å²) in [6.07, 6.45) is -1.94. The summed E-state index contributed by atoms with van der Waals surface area (Å²) < 4.78 is 43.9. The van der Waals surface area contributed by atoms with Gasteiger partial charge in [0.1, 0.15) is 18.7 Å². The number of halogens is 3. The predicted molar refractivity (Wildman–Crippen MR) is 112 cm³/mol. The number of carboxylic acid groups (broad SMARTS) is 1. The highest BCUT2D eigenvalue weighted by Gasteiger charge is 2.58. The molecule has 1 aromatic carbocycles. The van der Waals surface area contributed by atoms with E-state index in [0.29, 0.717) is 5.56 Å². The molecule has 14 heteroatoms. The SMILES string of the molecule is O=C(O)C1CN(C(=O)OCc2ccccc2)CCN1C1C=CC=CC1(NC(=O)C(F)(F)F)[N+](=O)[O-]. The normalized spacial score (nSPS) is 24.6. The van der Waals surface area contributed by atoms with Gasteiger partial charge in [0.15, 0.2) is 0 Å². The van der Waals surface area contributed by atoms with Gasteiger partial charge in [0, 0.05) is 19.2 Å². The van der Waals surface area contributed by atoms with Gasteiger partial charge in [-0.05, 0) is 5.56 Å². The smallest absolute Gasteiger partial charge is 0.471 e. The molecule has 2 amide bonds. The fourth-order valence-corrected chi connectivity index (χ4v) is 3.89. The topological polar surface area (TPSA) is 142 Å². The summed E-state index contributed by atoms with van der Waals surface area (Å²) in [5.41, 5.74) is -2.09. The van der Waals surface area contributed by atoms with E-state index in [1.54, 1.807) is 30.3 Å². The van der Waals surface area contributed by atoms with Gasteiger partial charge in [0.25, 0.3) is 0 Å². The van der Waals surface area contributed by atoms with Gasteiger partial charge >= 0.3 is 29.8 Å². The molecule has 0 spiro atoms. The van der Waals surface area contributed by atoms with Crippen molar-refractivity contribution in [3.8, 4) is 0 Å². The maximum atomic E-state index is 12.9. The Balaban J connectivity index is 1.81. The van der Waals surface area contributed by atoms with Gasteiger partial charge in [-0.2, -0.15) is 13.2 Å². The largest absolute Gasteiger partial charge is 0.480 e. The number of carboxylic acids is 1. The highest BCUT2D eigenvalue weighted by Crippen LogP contribution is 2.30. The lowest BCUT2D eigenvalue weighted by molar-refractivity contribution is -0.567. The number of nitrogens with one attached hydrogen (secondary N) is 1. The van der Waals surface area contributed by atoms with E-state index >= 15 is 0 Å². The average molecular weight is 498 g/mol. The molecule has 0 bridgehead atoms. The zero-order chi connectivity index (χ0) is 25.8.